The highest BCUT2D eigenvalue weighted by molar-refractivity contribution is 7.98. The predicted molar refractivity (Wildman–Crippen MR) is 87.6 cm³/mol. The topological polar surface area (TPSA) is 66.4 Å². The number of thioether (sulfide) groups is 1. The number of carbonyl (C=O) groups excluding carboxylic acids is 1. The smallest absolute Gasteiger partial charge is 0.303 e. The van der Waals surface area contributed by atoms with Crippen LogP contribution in [0.3, 0.4) is 0 Å². The van der Waals surface area contributed by atoms with Crippen LogP contribution in [0.4, 0.5) is 0 Å². The van der Waals surface area contributed by atoms with Gasteiger partial charge in [0.2, 0.25) is 5.91 Å². The molecular weight excluding hydrogens is 286 g/mol. The molecule has 0 aliphatic heterocycles. The molecule has 0 spiro atoms. The molecule has 0 saturated heterocycles. The van der Waals surface area contributed by atoms with Crippen LogP contribution in [-0.2, 0) is 9.59 Å². The molecule has 1 fully saturated rings. The molecule has 1 aliphatic rings. The van der Waals surface area contributed by atoms with Gasteiger partial charge >= 0.3 is 5.97 Å². The largest absolute Gasteiger partial charge is 0.481 e. The molecule has 0 unspecified atom stereocenters. The highest BCUT2D eigenvalue weighted by atomic mass is 32.2. The lowest BCUT2D eigenvalue weighted by Gasteiger charge is -2.35. The standard InChI is InChI=1S/C16H29NO3S/c1-21-11-7-3-6-10-17-14(18)12-16(13-15(19)20)8-4-2-5-9-16/h2-13H2,1H3,(H,17,18)(H,19,20). The van der Waals surface area contributed by atoms with Gasteiger partial charge in [0.15, 0.2) is 0 Å². The Morgan fingerprint density at radius 1 is 1.10 bits per heavy atom. The van der Waals surface area contributed by atoms with Gasteiger partial charge in [-0.2, -0.15) is 11.8 Å². The fraction of sp³-hybridized carbons (Fsp3) is 0.875. The van der Waals surface area contributed by atoms with Crippen LogP contribution in [0.1, 0.15) is 64.2 Å². The number of carboxylic acid groups (broad SMARTS) is 1. The molecule has 1 aliphatic carbocycles. The summed E-state index contributed by atoms with van der Waals surface area (Å²) >= 11 is 1.85. The second-order valence-corrected chi connectivity index (χ2v) is 7.20. The van der Waals surface area contributed by atoms with Gasteiger partial charge in [0.05, 0.1) is 6.42 Å². The van der Waals surface area contributed by atoms with Gasteiger partial charge in [-0.1, -0.05) is 25.7 Å². The number of aliphatic carboxylic acids is 1. The van der Waals surface area contributed by atoms with E-state index in [0.29, 0.717) is 6.42 Å². The predicted octanol–water partition coefficient (Wildman–Crippen LogP) is 3.45. The molecule has 0 radical (unpaired) electrons. The SMILES string of the molecule is CSCCCCCNC(=O)CC1(CC(=O)O)CCCCC1. The number of nitrogens with one attached hydrogen (secondary N) is 1. The van der Waals surface area contributed by atoms with Gasteiger partial charge < -0.3 is 10.4 Å². The van der Waals surface area contributed by atoms with Crippen LogP contribution in [0.2, 0.25) is 0 Å². The van der Waals surface area contributed by atoms with E-state index in [1.807, 2.05) is 11.8 Å². The number of rotatable bonds is 10. The third-order valence-electron chi connectivity index (χ3n) is 4.32. The summed E-state index contributed by atoms with van der Waals surface area (Å²) in [5.74, 6) is 0.431. The minimum absolute atomic E-state index is 0.0306. The van der Waals surface area contributed by atoms with Crippen molar-refractivity contribution in [2.75, 3.05) is 18.6 Å². The second kappa shape index (κ2) is 10.1. The Hall–Kier alpha value is -0.710. The first-order valence-electron chi connectivity index (χ1n) is 8.05. The van der Waals surface area contributed by atoms with E-state index >= 15 is 0 Å². The summed E-state index contributed by atoms with van der Waals surface area (Å²) in [5.41, 5.74) is -0.299. The molecule has 1 rings (SSSR count). The molecule has 1 saturated carbocycles. The quantitative estimate of drug-likeness (QED) is 0.606. The number of hydrogen-bond acceptors (Lipinski definition) is 3. The summed E-state index contributed by atoms with van der Waals surface area (Å²) in [4.78, 5) is 23.2. The molecule has 21 heavy (non-hydrogen) atoms. The summed E-state index contributed by atoms with van der Waals surface area (Å²) in [5, 5.41) is 12.1. The average molecular weight is 315 g/mol. The van der Waals surface area contributed by atoms with Gasteiger partial charge in [0.25, 0.3) is 0 Å². The molecule has 2 N–H and O–H groups in total. The highest BCUT2D eigenvalue weighted by Crippen LogP contribution is 2.42. The van der Waals surface area contributed by atoms with Gasteiger partial charge in [-0.25, -0.2) is 0 Å². The van der Waals surface area contributed by atoms with Crippen LogP contribution in [0.15, 0.2) is 0 Å². The van der Waals surface area contributed by atoms with Crippen LogP contribution >= 0.6 is 11.8 Å². The van der Waals surface area contributed by atoms with Crippen molar-refractivity contribution in [1.29, 1.82) is 0 Å². The lowest BCUT2D eigenvalue weighted by atomic mass is 9.69. The van der Waals surface area contributed by atoms with Crippen LogP contribution < -0.4 is 5.32 Å². The molecule has 0 bridgehead atoms. The van der Waals surface area contributed by atoms with Crippen molar-refractivity contribution in [2.45, 2.75) is 64.2 Å². The van der Waals surface area contributed by atoms with E-state index in [4.69, 9.17) is 5.11 Å². The number of carboxylic acids is 1. The van der Waals surface area contributed by atoms with Crippen molar-refractivity contribution in [3.05, 3.63) is 0 Å². The zero-order valence-electron chi connectivity index (χ0n) is 13.2. The fourth-order valence-electron chi connectivity index (χ4n) is 3.22. The van der Waals surface area contributed by atoms with E-state index in [2.05, 4.69) is 11.6 Å². The van der Waals surface area contributed by atoms with E-state index < -0.39 is 5.97 Å². The maximum absolute atomic E-state index is 12.1. The van der Waals surface area contributed by atoms with Crippen molar-refractivity contribution in [2.24, 2.45) is 5.41 Å². The summed E-state index contributed by atoms with van der Waals surface area (Å²) in [6.45, 7) is 0.719. The van der Waals surface area contributed by atoms with E-state index in [-0.39, 0.29) is 17.7 Å². The van der Waals surface area contributed by atoms with Crippen LogP contribution in [0.25, 0.3) is 0 Å². The maximum atomic E-state index is 12.1. The first-order valence-corrected chi connectivity index (χ1v) is 9.45. The van der Waals surface area contributed by atoms with Crippen molar-refractivity contribution in [3.8, 4) is 0 Å². The highest BCUT2D eigenvalue weighted by Gasteiger charge is 2.36. The fourth-order valence-corrected chi connectivity index (χ4v) is 3.71. The molecule has 0 aromatic rings. The maximum Gasteiger partial charge on any atom is 0.303 e. The molecule has 0 aromatic carbocycles. The number of amides is 1. The molecule has 0 atom stereocenters. The van der Waals surface area contributed by atoms with E-state index in [1.54, 1.807) is 0 Å². The van der Waals surface area contributed by atoms with Crippen LogP contribution in [0, 0.1) is 5.41 Å². The van der Waals surface area contributed by atoms with Crippen LogP contribution in [-0.4, -0.2) is 35.5 Å². The molecular formula is C16H29NO3S. The summed E-state index contributed by atoms with van der Waals surface area (Å²) < 4.78 is 0. The number of hydrogen-bond donors (Lipinski definition) is 2. The third kappa shape index (κ3) is 7.74. The normalized spacial score (nSPS) is 17.4. The van der Waals surface area contributed by atoms with Gasteiger partial charge in [-0.05, 0) is 43.1 Å². The Labute approximate surface area is 132 Å². The summed E-state index contributed by atoms with van der Waals surface area (Å²) in [6.07, 6.45) is 11.0. The monoisotopic (exact) mass is 315 g/mol. The van der Waals surface area contributed by atoms with E-state index in [1.165, 1.54) is 18.6 Å². The first kappa shape index (κ1) is 18.3. The molecule has 4 nitrogen and oxygen atoms in total. The van der Waals surface area contributed by atoms with Gasteiger partial charge in [-0.15, -0.1) is 0 Å². The molecule has 1 amide bonds. The van der Waals surface area contributed by atoms with Crippen molar-refractivity contribution in [3.63, 3.8) is 0 Å². The zero-order valence-corrected chi connectivity index (χ0v) is 14.0. The first-order chi connectivity index (χ1) is 10.1. The molecule has 0 heterocycles. The van der Waals surface area contributed by atoms with Gasteiger partial charge in [0.1, 0.15) is 0 Å². The van der Waals surface area contributed by atoms with E-state index in [9.17, 15) is 9.59 Å². The summed E-state index contributed by atoms with van der Waals surface area (Å²) in [6, 6.07) is 0. The Morgan fingerprint density at radius 2 is 1.81 bits per heavy atom. The Kier molecular flexibility index (Phi) is 8.81. The number of carbonyl (C=O) groups is 2. The third-order valence-corrected chi connectivity index (χ3v) is 5.02. The van der Waals surface area contributed by atoms with Gasteiger partial charge in [-0.3, -0.25) is 9.59 Å². The lowest BCUT2D eigenvalue weighted by Crippen LogP contribution is -2.35. The minimum atomic E-state index is -0.776. The van der Waals surface area contributed by atoms with Crippen LogP contribution in [0.5, 0.6) is 0 Å². The molecule has 5 heteroatoms. The minimum Gasteiger partial charge on any atom is -0.481 e. The van der Waals surface area contributed by atoms with E-state index in [0.717, 1.165) is 45.1 Å². The second-order valence-electron chi connectivity index (χ2n) is 6.21. The Morgan fingerprint density at radius 3 is 2.43 bits per heavy atom. The Bertz CT molecular complexity index is 327. The number of unbranched alkanes of at least 4 members (excludes halogenated alkanes) is 2. The molecule has 0 aromatic heterocycles. The summed E-state index contributed by atoms with van der Waals surface area (Å²) in [7, 11) is 0. The van der Waals surface area contributed by atoms with Crippen molar-refractivity contribution in [1.82, 2.24) is 5.32 Å². The van der Waals surface area contributed by atoms with Crippen molar-refractivity contribution < 1.29 is 14.7 Å². The lowest BCUT2D eigenvalue weighted by molar-refractivity contribution is -0.141. The van der Waals surface area contributed by atoms with Crippen molar-refractivity contribution >= 4 is 23.6 Å². The zero-order chi connectivity index (χ0) is 15.6. The molecule has 122 valence electrons. The Balaban J connectivity index is 2.30. The van der Waals surface area contributed by atoms with Gasteiger partial charge in [0, 0.05) is 13.0 Å². The average Bonchev–Trinajstić information content (AvgIpc) is 2.42.